The van der Waals surface area contributed by atoms with Crippen LogP contribution in [0.25, 0.3) is 5.69 Å². The van der Waals surface area contributed by atoms with Crippen LogP contribution in [0.15, 0.2) is 53.1 Å². The highest BCUT2D eigenvalue weighted by atomic mass is 32.2. The summed E-state index contributed by atoms with van der Waals surface area (Å²) in [7, 11) is 1.88. The molecule has 0 saturated heterocycles. The van der Waals surface area contributed by atoms with E-state index in [1.165, 1.54) is 17.4 Å². The highest BCUT2D eigenvalue weighted by Gasteiger charge is 2.31. The van der Waals surface area contributed by atoms with Gasteiger partial charge in [-0.3, -0.25) is 9.36 Å². The van der Waals surface area contributed by atoms with Crippen LogP contribution in [0.1, 0.15) is 22.8 Å². The number of rotatable bonds is 7. The summed E-state index contributed by atoms with van der Waals surface area (Å²) in [5.74, 6) is 0.173. The van der Waals surface area contributed by atoms with Gasteiger partial charge in [0.15, 0.2) is 10.3 Å². The molecule has 0 fully saturated rings. The number of nitrogens with zero attached hydrogens (tertiary/aromatic N) is 5. The van der Waals surface area contributed by atoms with Gasteiger partial charge in [-0.1, -0.05) is 17.8 Å². The Labute approximate surface area is 195 Å². The fourth-order valence-electron chi connectivity index (χ4n) is 3.13. The lowest BCUT2D eigenvalue weighted by molar-refractivity contribution is -0.137. The minimum absolute atomic E-state index is 0.000122. The Morgan fingerprint density at radius 3 is 2.70 bits per heavy atom. The van der Waals surface area contributed by atoms with E-state index in [1.807, 2.05) is 42.2 Å². The molecule has 7 nitrogen and oxygen atoms in total. The van der Waals surface area contributed by atoms with E-state index in [0.717, 1.165) is 35.3 Å². The number of hydrogen-bond acceptors (Lipinski definition) is 6. The molecule has 1 N–H and O–H groups in total. The van der Waals surface area contributed by atoms with Gasteiger partial charge in [-0.15, -0.1) is 21.5 Å². The molecule has 0 atom stereocenters. The van der Waals surface area contributed by atoms with E-state index in [4.69, 9.17) is 0 Å². The molecule has 0 aliphatic carbocycles. The first-order valence-electron chi connectivity index (χ1n) is 9.77. The molecule has 1 aromatic carbocycles. The van der Waals surface area contributed by atoms with E-state index >= 15 is 0 Å². The van der Waals surface area contributed by atoms with E-state index in [-0.39, 0.29) is 17.3 Å². The standard InChI is InChI=1S/C21H19F3N6OS2/c1-13-11-32-19(25-13)26-18(31)12-33-20-28-27-17(10-15-7-4-8-29(15)2)30(20)16-6-3-5-14(9-16)21(22,23)24/h3-9,11H,10,12H2,1-2H3,(H,25,26,31). The number of hydrogen-bond donors (Lipinski definition) is 1. The molecule has 172 valence electrons. The lowest BCUT2D eigenvalue weighted by Crippen LogP contribution is -2.15. The first-order chi connectivity index (χ1) is 15.7. The molecule has 1 amide bonds. The lowest BCUT2D eigenvalue weighted by Gasteiger charge is -2.13. The number of carbonyl (C=O) groups excluding carboxylic acids is 1. The minimum atomic E-state index is -4.48. The highest BCUT2D eigenvalue weighted by molar-refractivity contribution is 7.99. The first kappa shape index (κ1) is 23.1. The van der Waals surface area contributed by atoms with Crippen LogP contribution < -0.4 is 5.32 Å². The van der Waals surface area contributed by atoms with Gasteiger partial charge in [-0.25, -0.2) is 4.98 Å². The van der Waals surface area contributed by atoms with Gasteiger partial charge in [0.2, 0.25) is 5.91 Å². The third-order valence-electron chi connectivity index (χ3n) is 4.72. The molecule has 4 rings (SSSR count). The summed E-state index contributed by atoms with van der Waals surface area (Å²) >= 11 is 2.41. The quantitative estimate of drug-likeness (QED) is 0.378. The van der Waals surface area contributed by atoms with Crippen molar-refractivity contribution in [2.45, 2.75) is 24.7 Å². The molecule has 0 saturated carbocycles. The molecule has 4 aromatic rings. The number of halogens is 3. The normalized spacial score (nSPS) is 11.7. The zero-order valence-electron chi connectivity index (χ0n) is 17.6. The van der Waals surface area contributed by atoms with Crippen molar-refractivity contribution in [2.75, 3.05) is 11.1 Å². The molecule has 33 heavy (non-hydrogen) atoms. The smallest absolute Gasteiger partial charge is 0.354 e. The predicted molar refractivity (Wildman–Crippen MR) is 121 cm³/mol. The SMILES string of the molecule is Cc1csc(NC(=O)CSc2nnc(Cc3cccn3C)n2-c2cccc(C(F)(F)F)c2)n1. The molecule has 12 heteroatoms. The van der Waals surface area contributed by atoms with Crippen molar-refractivity contribution in [3.05, 3.63) is 70.8 Å². The van der Waals surface area contributed by atoms with Crippen LogP contribution in [0.4, 0.5) is 18.3 Å². The topological polar surface area (TPSA) is 77.6 Å². The van der Waals surface area contributed by atoms with Crippen LogP contribution in [-0.2, 0) is 24.4 Å². The Hall–Kier alpha value is -3.12. The number of thiazole rings is 1. The summed E-state index contributed by atoms with van der Waals surface area (Å²) in [6.07, 6.45) is -2.25. The van der Waals surface area contributed by atoms with Crippen LogP contribution >= 0.6 is 23.1 Å². The molecular formula is C21H19F3N6OS2. The zero-order chi connectivity index (χ0) is 23.6. The van der Waals surface area contributed by atoms with Crippen molar-refractivity contribution in [3.8, 4) is 5.69 Å². The van der Waals surface area contributed by atoms with Crippen molar-refractivity contribution in [3.63, 3.8) is 0 Å². The fraction of sp³-hybridized carbons (Fsp3) is 0.238. The molecule has 3 aromatic heterocycles. The van der Waals surface area contributed by atoms with Crippen molar-refractivity contribution in [1.82, 2.24) is 24.3 Å². The number of thioether (sulfide) groups is 1. The summed E-state index contributed by atoms with van der Waals surface area (Å²) in [5.41, 5.74) is 1.23. The summed E-state index contributed by atoms with van der Waals surface area (Å²) < 4.78 is 43.4. The number of amides is 1. The monoisotopic (exact) mass is 492 g/mol. The second-order valence-electron chi connectivity index (χ2n) is 7.20. The molecule has 0 aliphatic rings. The number of anilines is 1. The Morgan fingerprint density at radius 1 is 1.21 bits per heavy atom. The Morgan fingerprint density at radius 2 is 2.03 bits per heavy atom. The molecule has 3 heterocycles. The van der Waals surface area contributed by atoms with Crippen molar-refractivity contribution in [2.24, 2.45) is 7.05 Å². The second kappa shape index (κ2) is 9.40. The third kappa shape index (κ3) is 5.45. The van der Waals surface area contributed by atoms with Gasteiger partial charge in [0.1, 0.15) is 5.82 Å². The predicted octanol–water partition coefficient (Wildman–Crippen LogP) is 4.71. The number of nitrogens with one attached hydrogen (secondary N) is 1. The van der Waals surface area contributed by atoms with Gasteiger partial charge >= 0.3 is 6.18 Å². The highest BCUT2D eigenvalue weighted by Crippen LogP contribution is 2.32. The molecule has 0 aliphatic heterocycles. The lowest BCUT2D eigenvalue weighted by atomic mass is 10.2. The first-order valence-corrected chi connectivity index (χ1v) is 11.6. The minimum Gasteiger partial charge on any atom is -0.354 e. The third-order valence-corrected chi connectivity index (χ3v) is 6.52. The number of aryl methyl sites for hydroxylation is 2. The van der Waals surface area contributed by atoms with Crippen LogP contribution in [0.3, 0.4) is 0 Å². The van der Waals surface area contributed by atoms with Gasteiger partial charge in [0.25, 0.3) is 0 Å². The maximum absolute atomic E-state index is 13.3. The van der Waals surface area contributed by atoms with Crippen LogP contribution in [0.5, 0.6) is 0 Å². The second-order valence-corrected chi connectivity index (χ2v) is 9.00. The van der Waals surface area contributed by atoms with Crippen molar-refractivity contribution >= 4 is 34.1 Å². The van der Waals surface area contributed by atoms with E-state index in [1.54, 1.807) is 10.6 Å². The number of carbonyl (C=O) groups is 1. The van der Waals surface area contributed by atoms with E-state index in [2.05, 4.69) is 20.5 Å². The Kier molecular flexibility index (Phi) is 6.56. The van der Waals surface area contributed by atoms with Crippen LogP contribution in [0.2, 0.25) is 0 Å². The Balaban J connectivity index is 1.63. The number of aromatic nitrogens is 5. The molecule has 0 unspecified atom stereocenters. The summed E-state index contributed by atoms with van der Waals surface area (Å²) in [6, 6.07) is 8.76. The maximum atomic E-state index is 13.3. The zero-order valence-corrected chi connectivity index (χ0v) is 19.3. The van der Waals surface area contributed by atoms with Crippen LogP contribution in [0, 0.1) is 6.92 Å². The fourth-order valence-corrected chi connectivity index (χ4v) is 4.60. The Bertz CT molecular complexity index is 1280. The number of alkyl halides is 3. The molecule has 0 spiro atoms. The van der Waals surface area contributed by atoms with Gasteiger partial charge in [-0.2, -0.15) is 13.2 Å². The largest absolute Gasteiger partial charge is 0.416 e. The van der Waals surface area contributed by atoms with Gasteiger partial charge < -0.3 is 9.88 Å². The van der Waals surface area contributed by atoms with E-state index in [0.29, 0.717) is 22.5 Å². The van der Waals surface area contributed by atoms with E-state index < -0.39 is 11.7 Å². The van der Waals surface area contributed by atoms with Gasteiger partial charge in [0, 0.05) is 30.7 Å². The molecule has 0 bridgehead atoms. The maximum Gasteiger partial charge on any atom is 0.416 e. The van der Waals surface area contributed by atoms with Crippen molar-refractivity contribution < 1.29 is 18.0 Å². The summed E-state index contributed by atoms with van der Waals surface area (Å²) in [6.45, 7) is 1.83. The van der Waals surface area contributed by atoms with Crippen LogP contribution in [-0.4, -0.2) is 36.0 Å². The molecule has 0 radical (unpaired) electrons. The number of benzene rings is 1. The van der Waals surface area contributed by atoms with E-state index in [9.17, 15) is 18.0 Å². The average Bonchev–Trinajstić information content (AvgIpc) is 3.47. The summed E-state index contributed by atoms with van der Waals surface area (Å²) in [5, 5.41) is 13.7. The average molecular weight is 493 g/mol. The van der Waals surface area contributed by atoms with Gasteiger partial charge in [-0.05, 0) is 37.3 Å². The molecular weight excluding hydrogens is 473 g/mol. The van der Waals surface area contributed by atoms with Gasteiger partial charge in [0.05, 0.1) is 22.7 Å². The summed E-state index contributed by atoms with van der Waals surface area (Å²) in [4.78, 5) is 16.6. The van der Waals surface area contributed by atoms with Crippen molar-refractivity contribution in [1.29, 1.82) is 0 Å².